The molecule has 1 fully saturated rings. The smallest absolute Gasteiger partial charge is 0.251 e. The van der Waals surface area contributed by atoms with E-state index in [-0.39, 0.29) is 17.7 Å². The standard InChI is InChI=1S/C21H25N3O2/c1-24(2)14-16-8-6-15(7-9-16)13-22-20(25)18-4-3-5-19(12-18)23-21(26)17-10-11-17/h3-9,12,17H,10-11,13-14H2,1-2H3,(H,22,25)(H,23,26). The van der Waals surface area contributed by atoms with Crippen LogP contribution in [-0.4, -0.2) is 30.8 Å². The van der Waals surface area contributed by atoms with Crippen LogP contribution in [0.3, 0.4) is 0 Å². The lowest BCUT2D eigenvalue weighted by Gasteiger charge is -2.11. The molecule has 2 aromatic carbocycles. The van der Waals surface area contributed by atoms with E-state index in [1.54, 1.807) is 24.3 Å². The molecule has 0 unspecified atom stereocenters. The molecule has 26 heavy (non-hydrogen) atoms. The minimum atomic E-state index is -0.148. The van der Waals surface area contributed by atoms with Crippen molar-refractivity contribution in [2.75, 3.05) is 19.4 Å². The Morgan fingerprint density at radius 3 is 2.38 bits per heavy atom. The van der Waals surface area contributed by atoms with E-state index in [0.29, 0.717) is 17.8 Å². The molecule has 5 nitrogen and oxygen atoms in total. The van der Waals surface area contributed by atoms with Gasteiger partial charge in [-0.15, -0.1) is 0 Å². The predicted octanol–water partition coefficient (Wildman–Crippen LogP) is 3.03. The summed E-state index contributed by atoms with van der Waals surface area (Å²) in [5.41, 5.74) is 3.51. The van der Waals surface area contributed by atoms with Crippen molar-refractivity contribution in [1.82, 2.24) is 10.2 Å². The zero-order chi connectivity index (χ0) is 18.5. The van der Waals surface area contributed by atoms with Gasteiger partial charge in [-0.05, 0) is 56.3 Å². The van der Waals surface area contributed by atoms with Crippen LogP contribution < -0.4 is 10.6 Å². The van der Waals surface area contributed by atoms with Crippen LogP contribution in [0.25, 0.3) is 0 Å². The van der Waals surface area contributed by atoms with Crippen molar-refractivity contribution in [2.45, 2.75) is 25.9 Å². The second kappa shape index (κ2) is 8.15. The van der Waals surface area contributed by atoms with Gasteiger partial charge in [0.25, 0.3) is 5.91 Å². The Labute approximate surface area is 154 Å². The quantitative estimate of drug-likeness (QED) is 0.806. The number of carbonyl (C=O) groups excluding carboxylic acids is 2. The number of anilines is 1. The van der Waals surface area contributed by atoms with E-state index < -0.39 is 0 Å². The summed E-state index contributed by atoms with van der Waals surface area (Å²) in [6.07, 6.45) is 1.92. The highest BCUT2D eigenvalue weighted by Crippen LogP contribution is 2.30. The molecule has 3 rings (SSSR count). The van der Waals surface area contributed by atoms with Crippen LogP contribution in [-0.2, 0) is 17.9 Å². The van der Waals surface area contributed by atoms with Gasteiger partial charge in [0, 0.05) is 30.3 Å². The molecule has 0 atom stereocenters. The molecule has 1 aliphatic rings. The zero-order valence-electron chi connectivity index (χ0n) is 15.3. The number of hydrogen-bond donors (Lipinski definition) is 2. The number of benzene rings is 2. The average Bonchev–Trinajstić information content (AvgIpc) is 3.46. The van der Waals surface area contributed by atoms with Crippen molar-refractivity contribution in [3.63, 3.8) is 0 Å². The van der Waals surface area contributed by atoms with Crippen molar-refractivity contribution in [1.29, 1.82) is 0 Å². The number of nitrogens with one attached hydrogen (secondary N) is 2. The van der Waals surface area contributed by atoms with Crippen molar-refractivity contribution < 1.29 is 9.59 Å². The van der Waals surface area contributed by atoms with Crippen molar-refractivity contribution in [3.05, 3.63) is 65.2 Å². The van der Waals surface area contributed by atoms with Gasteiger partial charge in [-0.1, -0.05) is 30.3 Å². The number of rotatable bonds is 7. The highest BCUT2D eigenvalue weighted by molar-refractivity contribution is 5.98. The zero-order valence-corrected chi connectivity index (χ0v) is 15.3. The minimum absolute atomic E-state index is 0.0420. The summed E-state index contributed by atoms with van der Waals surface area (Å²) >= 11 is 0. The molecule has 0 spiro atoms. The molecule has 0 aliphatic heterocycles. The Morgan fingerprint density at radius 1 is 1.04 bits per heavy atom. The van der Waals surface area contributed by atoms with Gasteiger partial charge in [-0.3, -0.25) is 9.59 Å². The highest BCUT2D eigenvalue weighted by atomic mass is 16.2. The molecule has 0 aromatic heterocycles. The summed E-state index contributed by atoms with van der Waals surface area (Å²) in [4.78, 5) is 26.3. The van der Waals surface area contributed by atoms with Crippen LogP contribution in [0.5, 0.6) is 0 Å². The van der Waals surface area contributed by atoms with E-state index in [0.717, 1.165) is 24.9 Å². The van der Waals surface area contributed by atoms with Crippen molar-refractivity contribution >= 4 is 17.5 Å². The molecular formula is C21H25N3O2. The summed E-state index contributed by atoms with van der Waals surface area (Å²) in [6.45, 7) is 1.37. The van der Waals surface area contributed by atoms with Gasteiger partial charge < -0.3 is 15.5 Å². The topological polar surface area (TPSA) is 61.4 Å². The molecule has 5 heteroatoms. The van der Waals surface area contributed by atoms with Gasteiger partial charge in [0.15, 0.2) is 0 Å². The summed E-state index contributed by atoms with van der Waals surface area (Å²) in [7, 11) is 4.07. The van der Waals surface area contributed by atoms with E-state index in [1.807, 2.05) is 26.2 Å². The predicted molar refractivity (Wildman–Crippen MR) is 103 cm³/mol. The van der Waals surface area contributed by atoms with Crippen LogP contribution >= 0.6 is 0 Å². The summed E-state index contributed by atoms with van der Waals surface area (Å²) < 4.78 is 0. The maximum absolute atomic E-state index is 12.4. The van der Waals surface area contributed by atoms with Gasteiger partial charge >= 0.3 is 0 Å². The SMILES string of the molecule is CN(C)Cc1ccc(CNC(=O)c2cccc(NC(=O)C3CC3)c2)cc1. The molecule has 0 heterocycles. The second-order valence-electron chi connectivity index (χ2n) is 7.08. The molecule has 0 radical (unpaired) electrons. The fourth-order valence-corrected chi connectivity index (χ4v) is 2.74. The number of hydrogen-bond acceptors (Lipinski definition) is 3. The monoisotopic (exact) mass is 351 g/mol. The number of amides is 2. The van der Waals surface area contributed by atoms with E-state index in [9.17, 15) is 9.59 Å². The van der Waals surface area contributed by atoms with Gasteiger partial charge in [-0.2, -0.15) is 0 Å². The maximum Gasteiger partial charge on any atom is 0.251 e. The van der Waals surface area contributed by atoms with Crippen molar-refractivity contribution in [2.24, 2.45) is 5.92 Å². The molecule has 1 aliphatic carbocycles. The minimum Gasteiger partial charge on any atom is -0.348 e. The summed E-state index contributed by atoms with van der Waals surface area (Å²) in [5.74, 6) is 0.0354. The second-order valence-corrected chi connectivity index (χ2v) is 7.08. The fraction of sp³-hybridized carbons (Fsp3) is 0.333. The van der Waals surface area contributed by atoms with Gasteiger partial charge in [-0.25, -0.2) is 0 Å². The van der Waals surface area contributed by atoms with E-state index in [2.05, 4.69) is 27.7 Å². The summed E-state index contributed by atoms with van der Waals surface area (Å²) in [5, 5.41) is 5.80. The fourth-order valence-electron chi connectivity index (χ4n) is 2.74. The third-order valence-corrected chi connectivity index (χ3v) is 4.32. The van der Waals surface area contributed by atoms with Crippen LogP contribution in [0.1, 0.15) is 34.3 Å². The van der Waals surface area contributed by atoms with Crippen LogP contribution in [0.2, 0.25) is 0 Å². The molecule has 0 saturated heterocycles. The maximum atomic E-state index is 12.4. The lowest BCUT2D eigenvalue weighted by molar-refractivity contribution is -0.117. The highest BCUT2D eigenvalue weighted by Gasteiger charge is 2.29. The summed E-state index contributed by atoms with van der Waals surface area (Å²) in [6, 6.07) is 15.3. The van der Waals surface area contributed by atoms with E-state index in [4.69, 9.17) is 0 Å². The molecule has 0 bridgehead atoms. The number of carbonyl (C=O) groups is 2. The first-order chi connectivity index (χ1) is 12.5. The Kier molecular flexibility index (Phi) is 5.68. The van der Waals surface area contributed by atoms with Gasteiger partial charge in [0.2, 0.25) is 5.91 Å². The molecule has 2 aromatic rings. The Balaban J connectivity index is 1.55. The van der Waals surface area contributed by atoms with Crippen LogP contribution in [0.15, 0.2) is 48.5 Å². The molecular weight excluding hydrogens is 326 g/mol. The Bertz CT molecular complexity index is 780. The number of nitrogens with zero attached hydrogens (tertiary/aromatic N) is 1. The van der Waals surface area contributed by atoms with Gasteiger partial charge in [0.1, 0.15) is 0 Å². The molecule has 136 valence electrons. The average molecular weight is 351 g/mol. The molecule has 1 saturated carbocycles. The lowest BCUT2D eigenvalue weighted by Crippen LogP contribution is -2.23. The Morgan fingerprint density at radius 2 is 1.73 bits per heavy atom. The normalized spacial score (nSPS) is 13.5. The third kappa shape index (κ3) is 5.17. The van der Waals surface area contributed by atoms with E-state index in [1.165, 1.54) is 5.56 Å². The third-order valence-electron chi connectivity index (χ3n) is 4.32. The Hall–Kier alpha value is -2.66. The van der Waals surface area contributed by atoms with Crippen LogP contribution in [0.4, 0.5) is 5.69 Å². The van der Waals surface area contributed by atoms with Crippen molar-refractivity contribution in [3.8, 4) is 0 Å². The first-order valence-electron chi connectivity index (χ1n) is 8.93. The van der Waals surface area contributed by atoms with E-state index >= 15 is 0 Å². The first-order valence-corrected chi connectivity index (χ1v) is 8.93. The van der Waals surface area contributed by atoms with Crippen LogP contribution in [0, 0.1) is 5.92 Å². The largest absolute Gasteiger partial charge is 0.348 e. The molecule has 2 amide bonds. The van der Waals surface area contributed by atoms with Gasteiger partial charge in [0.05, 0.1) is 0 Å². The molecule has 2 N–H and O–H groups in total. The first kappa shape index (κ1) is 18.1. The lowest BCUT2D eigenvalue weighted by atomic mass is 10.1.